The molecule has 0 fully saturated rings. The molecule has 2 aromatic rings. The maximum absolute atomic E-state index is 6.29. The first kappa shape index (κ1) is 14.6. The molecule has 0 aliphatic carbocycles. The first-order chi connectivity index (χ1) is 9.10. The second-order valence-corrected chi connectivity index (χ2v) is 6.16. The quantitative estimate of drug-likeness (QED) is 0.844. The molecule has 2 N–H and O–H groups in total. The van der Waals surface area contributed by atoms with E-state index < -0.39 is 0 Å². The summed E-state index contributed by atoms with van der Waals surface area (Å²) in [7, 11) is 1.68. The molecule has 0 bridgehead atoms. The molecule has 0 saturated heterocycles. The zero-order chi connectivity index (χ0) is 13.8. The minimum Gasteiger partial charge on any atom is -0.496 e. The highest BCUT2D eigenvalue weighted by Gasteiger charge is 2.11. The van der Waals surface area contributed by atoms with Gasteiger partial charge in [0.05, 0.1) is 7.11 Å². The molecule has 0 aliphatic heterocycles. The van der Waals surface area contributed by atoms with Gasteiger partial charge < -0.3 is 10.5 Å². The Morgan fingerprint density at radius 3 is 2.37 bits per heavy atom. The van der Waals surface area contributed by atoms with Crippen LogP contribution in [0, 0.1) is 0 Å². The van der Waals surface area contributed by atoms with Gasteiger partial charge >= 0.3 is 0 Å². The van der Waals surface area contributed by atoms with Crippen molar-refractivity contribution in [3.05, 3.63) is 62.5 Å². The standard InChI is InChI=1S/C15H15Br2NO/c1-19-15-5-3-2-4-10(15)8-14(18)11-6-12(16)9-13(17)7-11/h2-7,9,14H,8,18H2,1H3. The van der Waals surface area contributed by atoms with Crippen LogP contribution < -0.4 is 10.5 Å². The second kappa shape index (κ2) is 6.55. The summed E-state index contributed by atoms with van der Waals surface area (Å²) < 4.78 is 7.40. The van der Waals surface area contributed by atoms with Crippen LogP contribution in [0.1, 0.15) is 17.2 Å². The maximum atomic E-state index is 6.29. The highest BCUT2D eigenvalue weighted by molar-refractivity contribution is 9.11. The average molecular weight is 385 g/mol. The zero-order valence-electron chi connectivity index (χ0n) is 10.6. The second-order valence-electron chi connectivity index (χ2n) is 4.33. The number of ether oxygens (including phenoxy) is 1. The smallest absolute Gasteiger partial charge is 0.122 e. The van der Waals surface area contributed by atoms with Gasteiger partial charge in [0.1, 0.15) is 5.75 Å². The van der Waals surface area contributed by atoms with E-state index in [1.54, 1.807) is 7.11 Å². The molecule has 0 radical (unpaired) electrons. The van der Waals surface area contributed by atoms with E-state index in [1.165, 1.54) is 0 Å². The van der Waals surface area contributed by atoms with Gasteiger partial charge in [-0.15, -0.1) is 0 Å². The third-order valence-electron chi connectivity index (χ3n) is 2.95. The lowest BCUT2D eigenvalue weighted by Gasteiger charge is -2.15. The Labute approximate surface area is 130 Å². The van der Waals surface area contributed by atoms with Crippen LogP contribution in [0.15, 0.2) is 51.4 Å². The van der Waals surface area contributed by atoms with Gasteiger partial charge in [-0.2, -0.15) is 0 Å². The van der Waals surface area contributed by atoms with Crippen molar-refractivity contribution in [2.75, 3.05) is 7.11 Å². The number of benzene rings is 2. The molecule has 0 spiro atoms. The molecule has 0 heterocycles. The average Bonchev–Trinajstić information content (AvgIpc) is 2.38. The van der Waals surface area contributed by atoms with Crippen LogP contribution in [0.5, 0.6) is 5.75 Å². The maximum Gasteiger partial charge on any atom is 0.122 e. The Kier molecular flexibility index (Phi) is 5.02. The van der Waals surface area contributed by atoms with Crippen LogP contribution in [0.4, 0.5) is 0 Å². The van der Waals surface area contributed by atoms with Gasteiger partial charge in [0.25, 0.3) is 0 Å². The first-order valence-electron chi connectivity index (χ1n) is 5.93. The molecule has 0 saturated carbocycles. The lowest BCUT2D eigenvalue weighted by molar-refractivity contribution is 0.408. The molecule has 2 nitrogen and oxygen atoms in total. The molecule has 19 heavy (non-hydrogen) atoms. The van der Waals surface area contributed by atoms with Crippen molar-refractivity contribution < 1.29 is 4.74 Å². The van der Waals surface area contributed by atoms with Crippen molar-refractivity contribution in [2.24, 2.45) is 5.73 Å². The van der Waals surface area contributed by atoms with Crippen LogP contribution in [-0.4, -0.2) is 7.11 Å². The molecular formula is C15H15Br2NO. The van der Waals surface area contributed by atoms with Crippen molar-refractivity contribution in [2.45, 2.75) is 12.5 Å². The van der Waals surface area contributed by atoms with Crippen molar-refractivity contribution in [1.82, 2.24) is 0 Å². The van der Waals surface area contributed by atoms with Gasteiger partial charge in [0.2, 0.25) is 0 Å². The van der Waals surface area contributed by atoms with E-state index in [9.17, 15) is 0 Å². The van der Waals surface area contributed by atoms with Gasteiger partial charge in [-0.1, -0.05) is 50.1 Å². The Balaban J connectivity index is 2.22. The number of hydrogen-bond acceptors (Lipinski definition) is 2. The molecule has 1 atom stereocenters. The predicted octanol–water partition coefficient (Wildman–Crippen LogP) is 4.46. The molecule has 0 aromatic heterocycles. The fourth-order valence-electron chi connectivity index (χ4n) is 2.02. The van der Waals surface area contributed by atoms with E-state index in [0.29, 0.717) is 0 Å². The number of nitrogens with two attached hydrogens (primary N) is 1. The predicted molar refractivity (Wildman–Crippen MR) is 85.5 cm³/mol. The number of para-hydroxylation sites is 1. The van der Waals surface area contributed by atoms with Crippen LogP contribution in [-0.2, 0) is 6.42 Å². The number of rotatable bonds is 4. The Morgan fingerprint density at radius 2 is 1.74 bits per heavy atom. The number of hydrogen-bond donors (Lipinski definition) is 1. The Bertz CT molecular complexity index is 552. The number of methoxy groups -OCH3 is 1. The summed E-state index contributed by atoms with van der Waals surface area (Å²) in [5.41, 5.74) is 8.50. The van der Waals surface area contributed by atoms with Gasteiger partial charge in [0.15, 0.2) is 0 Å². The van der Waals surface area contributed by atoms with Gasteiger partial charge in [-0.05, 0) is 41.8 Å². The van der Waals surface area contributed by atoms with Crippen LogP contribution in [0.25, 0.3) is 0 Å². The summed E-state index contributed by atoms with van der Waals surface area (Å²) in [6.07, 6.45) is 0.743. The SMILES string of the molecule is COc1ccccc1CC(N)c1cc(Br)cc(Br)c1. The Hall–Kier alpha value is -0.840. The van der Waals surface area contributed by atoms with E-state index in [4.69, 9.17) is 10.5 Å². The van der Waals surface area contributed by atoms with Gasteiger partial charge in [0, 0.05) is 15.0 Å². The van der Waals surface area contributed by atoms with E-state index in [2.05, 4.69) is 31.9 Å². The minimum absolute atomic E-state index is 0.0647. The highest BCUT2D eigenvalue weighted by atomic mass is 79.9. The van der Waals surface area contributed by atoms with Crippen LogP contribution >= 0.6 is 31.9 Å². The summed E-state index contributed by atoms with van der Waals surface area (Å²) in [4.78, 5) is 0. The molecule has 4 heteroatoms. The van der Waals surface area contributed by atoms with Crippen molar-refractivity contribution in [3.63, 3.8) is 0 Å². The largest absolute Gasteiger partial charge is 0.496 e. The summed E-state index contributed by atoms with van der Waals surface area (Å²) in [6.45, 7) is 0. The molecule has 1 unspecified atom stereocenters. The van der Waals surface area contributed by atoms with Gasteiger partial charge in [-0.3, -0.25) is 0 Å². The Morgan fingerprint density at radius 1 is 1.11 bits per heavy atom. The first-order valence-corrected chi connectivity index (χ1v) is 7.52. The van der Waals surface area contributed by atoms with E-state index >= 15 is 0 Å². The zero-order valence-corrected chi connectivity index (χ0v) is 13.7. The van der Waals surface area contributed by atoms with E-state index in [1.807, 2.05) is 42.5 Å². The lowest BCUT2D eigenvalue weighted by atomic mass is 9.99. The van der Waals surface area contributed by atoms with E-state index in [-0.39, 0.29) is 6.04 Å². The summed E-state index contributed by atoms with van der Waals surface area (Å²) >= 11 is 6.97. The number of halogens is 2. The van der Waals surface area contributed by atoms with Gasteiger partial charge in [-0.25, -0.2) is 0 Å². The van der Waals surface area contributed by atoms with Crippen molar-refractivity contribution >= 4 is 31.9 Å². The molecular weight excluding hydrogens is 370 g/mol. The third-order valence-corrected chi connectivity index (χ3v) is 3.86. The fourth-order valence-corrected chi connectivity index (χ4v) is 3.34. The minimum atomic E-state index is -0.0647. The topological polar surface area (TPSA) is 35.2 Å². The molecule has 2 aromatic carbocycles. The summed E-state index contributed by atoms with van der Waals surface area (Å²) in [5.74, 6) is 0.881. The molecule has 2 rings (SSSR count). The normalized spacial score (nSPS) is 12.2. The lowest BCUT2D eigenvalue weighted by Crippen LogP contribution is -2.14. The van der Waals surface area contributed by atoms with Crippen molar-refractivity contribution in [3.8, 4) is 5.75 Å². The van der Waals surface area contributed by atoms with Crippen molar-refractivity contribution in [1.29, 1.82) is 0 Å². The fraction of sp³-hybridized carbons (Fsp3) is 0.200. The molecule has 100 valence electrons. The molecule has 0 aliphatic rings. The highest BCUT2D eigenvalue weighted by Crippen LogP contribution is 2.27. The van der Waals surface area contributed by atoms with Crippen LogP contribution in [0.2, 0.25) is 0 Å². The summed E-state index contributed by atoms with van der Waals surface area (Å²) in [5, 5.41) is 0. The molecule has 0 amide bonds. The van der Waals surface area contributed by atoms with Crippen LogP contribution in [0.3, 0.4) is 0 Å². The van der Waals surface area contributed by atoms with E-state index in [0.717, 1.165) is 32.2 Å². The summed E-state index contributed by atoms with van der Waals surface area (Å²) in [6, 6.07) is 14.0. The monoisotopic (exact) mass is 383 g/mol. The third kappa shape index (κ3) is 3.81.